The van der Waals surface area contributed by atoms with Crippen LogP contribution in [0.3, 0.4) is 0 Å². The van der Waals surface area contributed by atoms with Crippen molar-refractivity contribution in [2.45, 2.75) is 32.7 Å². The molecule has 0 fully saturated rings. The molecule has 1 amide bonds. The lowest BCUT2D eigenvalue weighted by Crippen LogP contribution is -2.23. The molecule has 0 saturated carbocycles. The third-order valence-electron chi connectivity index (χ3n) is 1.07. The largest absolute Gasteiger partial charge is 0.356 e. The Morgan fingerprint density at radius 3 is 2.75 bits per heavy atom. The Labute approximate surface area is 50.3 Å². The molecule has 0 aliphatic carbocycles. The lowest BCUT2D eigenvalue weighted by Gasteiger charge is -2.05. The second kappa shape index (κ2) is 4.62. The normalized spacial score (nSPS) is 12.8. The highest BCUT2D eigenvalue weighted by atomic mass is 16.1. The molecule has 0 radical (unpaired) electrons. The van der Waals surface area contributed by atoms with Gasteiger partial charge in [-0.3, -0.25) is 4.79 Å². The number of amides is 1. The Morgan fingerprint density at radius 2 is 2.38 bits per heavy atom. The van der Waals surface area contributed by atoms with E-state index < -0.39 is 0 Å². The molecule has 0 heterocycles. The van der Waals surface area contributed by atoms with Gasteiger partial charge in [0.05, 0.1) is 0 Å². The van der Waals surface area contributed by atoms with Gasteiger partial charge in [-0.1, -0.05) is 13.3 Å². The van der Waals surface area contributed by atoms with Crippen molar-refractivity contribution in [1.29, 1.82) is 0 Å². The van der Waals surface area contributed by atoms with E-state index in [1.54, 1.807) is 0 Å². The van der Waals surface area contributed by atoms with Gasteiger partial charge in [-0.05, 0) is 13.3 Å². The first kappa shape index (κ1) is 7.47. The Morgan fingerprint density at radius 1 is 1.75 bits per heavy atom. The predicted octanol–water partition coefficient (Wildman–Crippen LogP) is 0.921. The Bertz CT molecular complexity index is 63.5. The van der Waals surface area contributed by atoms with Gasteiger partial charge in [-0.2, -0.15) is 0 Å². The second-order valence-corrected chi connectivity index (χ2v) is 1.97. The number of nitrogens with one attached hydrogen (secondary N) is 1. The lowest BCUT2D eigenvalue weighted by atomic mass is 10.2. The first-order chi connectivity index (χ1) is 3.81. The minimum Gasteiger partial charge on any atom is -0.356 e. The molecule has 0 unspecified atom stereocenters. The zero-order valence-electron chi connectivity index (χ0n) is 5.48. The predicted molar refractivity (Wildman–Crippen MR) is 33.6 cm³/mol. The van der Waals surface area contributed by atoms with Crippen LogP contribution in [0.5, 0.6) is 0 Å². The summed E-state index contributed by atoms with van der Waals surface area (Å²) in [5, 5.41) is 2.67. The number of rotatable bonds is 4. The Hall–Kier alpha value is -0.530. The van der Waals surface area contributed by atoms with E-state index in [9.17, 15) is 4.79 Å². The first-order valence-corrected chi connectivity index (χ1v) is 3.01. The number of carbonyl (C=O) groups is 1. The molecule has 8 heavy (non-hydrogen) atoms. The highest BCUT2D eigenvalue weighted by Crippen LogP contribution is 1.91. The van der Waals surface area contributed by atoms with Gasteiger partial charge in [-0.25, -0.2) is 0 Å². The molecule has 0 aromatic carbocycles. The summed E-state index contributed by atoms with van der Waals surface area (Å²) in [7, 11) is 0. The molecular formula is C6H13NO. The van der Waals surface area contributed by atoms with Crippen molar-refractivity contribution >= 4 is 6.41 Å². The molecule has 48 valence electrons. The number of carbonyl (C=O) groups excluding carboxylic acids is 1. The SMILES string of the molecule is CCC[C@@H](C)NC=O. The van der Waals surface area contributed by atoms with Gasteiger partial charge in [0.2, 0.25) is 6.41 Å². The minimum absolute atomic E-state index is 0.345. The van der Waals surface area contributed by atoms with Gasteiger partial charge in [-0.15, -0.1) is 0 Å². The van der Waals surface area contributed by atoms with Crippen LogP contribution < -0.4 is 5.32 Å². The van der Waals surface area contributed by atoms with E-state index in [1.165, 1.54) is 0 Å². The first-order valence-electron chi connectivity index (χ1n) is 3.01. The van der Waals surface area contributed by atoms with Crippen molar-refractivity contribution < 1.29 is 4.79 Å². The topological polar surface area (TPSA) is 29.1 Å². The summed E-state index contributed by atoms with van der Waals surface area (Å²) in [6.07, 6.45) is 2.95. The standard InChI is InChI=1S/C6H13NO/c1-3-4-6(2)7-5-8/h5-6H,3-4H2,1-2H3,(H,7,8)/t6-/m1/s1. The van der Waals surface area contributed by atoms with Crippen molar-refractivity contribution in [2.75, 3.05) is 0 Å². The van der Waals surface area contributed by atoms with Crippen molar-refractivity contribution in [3.8, 4) is 0 Å². The minimum atomic E-state index is 0.345. The van der Waals surface area contributed by atoms with Gasteiger partial charge >= 0.3 is 0 Å². The van der Waals surface area contributed by atoms with Gasteiger partial charge in [0.25, 0.3) is 0 Å². The fourth-order valence-electron chi connectivity index (χ4n) is 0.632. The van der Waals surface area contributed by atoms with E-state index in [0.717, 1.165) is 19.3 Å². The molecule has 0 aliphatic rings. The monoisotopic (exact) mass is 115 g/mol. The van der Waals surface area contributed by atoms with Gasteiger partial charge < -0.3 is 5.32 Å². The van der Waals surface area contributed by atoms with Crippen molar-refractivity contribution in [3.63, 3.8) is 0 Å². The van der Waals surface area contributed by atoms with Crippen LogP contribution >= 0.6 is 0 Å². The zero-order valence-corrected chi connectivity index (χ0v) is 5.48. The third-order valence-corrected chi connectivity index (χ3v) is 1.07. The maximum Gasteiger partial charge on any atom is 0.207 e. The van der Waals surface area contributed by atoms with Crippen LogP contribution in [0.25, 0.3) is 0 Å². The quantitative estimate of drug-likeness (QED) is 0.542. The number of hydrogen-bond donors (Lipinski definition) is 1. The number of hydrogen-bond acceptors (Lipinski definition) is 1. The molecule has 0 rings (SSSR count). The van der Waals surface area contributed by atoms with Gasteiger partial charge in [0.15, 0.2) is 0 Å². The molecule has 0 aromatic heterocycles. The lowest BCUT2D eigenvalue weighted by molar-refractivity contribution is -0.110. The average molecular weight is 115 g/mol. The molecule has 0 aromatic rings. The fraction of sp³-hybridized carbons (Fsp3) is 0.833. The summed E-state index contributed by atoms with van der Waals surface area (Å²) in [6, 6.07) is 0.345. The highest BCUT2D eigenvalue weighted by Gasteiger charge is 1.93. The van der Waals surface area contributed by atoms with E-state index in [1.807, 2.05) is 6.92 Å². The Kier molecular flexibility index (Phi) is 4.32. The molecule has 2 heteroatoms. The maximum atomic E-state index is 9.78. The van der Waals surface area contributed by atoms with Crippen LogP contribution in [0.15, 0.2) is 0 Å². The summed E-state index contributed by atoms with van der Waals surface area (Å²) in [4.78, 5) is 9.78. The van der Waals surface area contributed by atoms with Crippen molar-refractivity contribution in [2.24, 2.45) is 0 Å². The van der Waals surface area contributed by atoms with Crippen LogP contribution in [0.2, 0.25) is 0 Å². The highest BCUT2D eigenvalue weighted by molar-refractivity contribution is 5.46. The molecule has 2 nitrogen and oxygen atoms in total. The van der Waals surface area contributed by atoms with Crippen LogP contribution in [0.4, 0.5) is 0 Å². The van der Waals surface area contributed by atoms with Crippen molar-refractivity contribution in [3.05, 3.63) is 0 Å². The molecule has 1 atom stereocenters. The smallest absolute Gasteiger partial charge is 0.207 e. The summed E-state index contributed by atoms with van der Waals surface area (Å²) < 4.78 is 0. The molecule has 0 aliphatic heterocycles. The van der Waals surface area contributed by atoms with E-state index >= 15 is 0 Å². The van der Waals surface area contributed by atoms with Crippen LogP contribution in [0.1, 0.15) is 26.7 Å². The van der Waals surface area contributed by atoms with E-state index in [0.29, 0.717) is 6.04 Å². The average Bonchev–Trinajstić information content (AvgIpc) is 1.68. The van der Waals surface area contributed by atoms with E-state index in [4.69, 9.17) is 0 Å². The van der Waals surface area contributed by atoms with Gasteiger partial charge in [0, 0.05) is 6.04 Å². The second-order valence-electron chi connectivity index (χ2n) is 1.97. The van der Waals surface area contributed by atoms with Crippen molar-refractivity contribution in [1.82, 2.24) is 5.32 Å². The molecule has 0 bridgehead atoms. The summed E-state index contributed by atoms with van der Waals surface area (Å²) in [5.41, 5.74) is 0. The third kappa shape index (κ3) is 3.65. The van der Waals surface area contributed by atoms with Crippen LogP contribution in [-0.2, 0) is 4.79 Å². The summed E-state index contributed by atoms with van der Waals surface area (Å²) in [6.45, 7) is 4.10. The van der Waals surface area contributed by atoms with Crippen LogP contribution in [-0.4, -0.2) is 12.5 Å². The van der Waals surface area contributed by atoms with E-state index in [-0.39, 0.29) is 0 Å². The van der Waals surface area contributed by atoms with Gasteiger partial charge in [0.1, 0.15) is 0 Å². The van der Waals surface area contributed by atoms with Crippen LogP contribution in [0, 0.1) is 0 Å². The summed E-state index contributed by atoms with van der Waals surface area (Å²) >= 11 is 0. The molecule has 0 saturated heterocycles. The molecular weight excluding hydrogens is 102 g/mol. The molecule has 1 N–H and O–H groups in total. The Balaban J connectivity index is 3.03. The maximum absolute atomic E-state index is 9.78. The molecule has 0 spiro atoms. The fourth-order valence-corrected chi connectivity index (χ4v) is 0.632. The zero-order chi connectivity index (χ0) is 6.41. The summed E-state index contributed by atoms with van der Waals surface area (Å²) in [5.74, 6) is 0. The van der Waals surface area contributed by atoms with E-state index in [2.05, 4.69) is 12.2 Å².